The normalized spacial score (nSPS) is 11.7. The molecule has 4 nitrogen and oxygen atoms in total. The molecule has 1 N–H and O–H groups in total. The highest BCUT2D eigenvalue weighted by atomic mass is 35.5. The quantitative estimate of drug-likeness (QED) is 0.491. The van der Waals surface area contributed by atoms with E-state index < -0.39 is 52.3 Å². The summed E-state index contributed by atoms with van der Waals surface area (Å²) in [5, 5.41) is 1.45. The van der Waals surface area contributed by atoms with Crippen LogP contribution in [0.4, 0.5) is 32.2 Å². The van der Waals surface area contributed by atoms with Crippen LogP contribution in [-0.2, 0) is 0 Å². The molecular weight excluding hydrogens is 398 g/mol. The first-order valence-electron chi connectivity index (χ1n) is 7.32. The van der Waals surface area contributed by atoms with Gasteiger partial charge in [-0.3, -0.25) is 4.57 Å². The largest absolute Gasteiger partial charge is 0.405 e. The molecule has 3 aromatic rings. The molecule has 27 heavy (non-hydrogen) atoms. The second kappa shape index (κ2) is 7.10. The lowest BCUT2D eigenvalue weighted by Crippen LogP contribution is -2.23. The van der Waals surface area contributed by atoms with Crippen molar-refractivity contribution in [3.8, 4) is 17.1 Å². The van der Waals surface area contributed by atoms with Crippen molar-refractivity contribution >= 4 is 17.4 Å². The van der Waals surface area contributed by atoms with Gasteiger partial charge in [-0.15, -0.1) is 0 Å². The van der Waals surface area contributed by atoms with Crippen molar-refractivity contribution in [3.05, 3.63) is 59.3 Å². The van der Waals surface area contributed by atoms with Gasteiger partial charge in [-0.2, -0.15) is 23.1 Å². The van der Waals surface area contributed by atoms with Crippen molar-refractivity contribution in [2.45, 2.75) is 6.18 Å². The third kappa shape index (κ3) is 4.16. The second-order valence-electron chi connectivity index (χ2n) is 5.34. The fourth-order valence-electron chi connectivity index (χ4n) is 2.32. The zero-order valence-corrected chi connectivity index (χ0v) is 13.9. The van der Waals surface area contributed by atoms with Crippen LogP contribution >= 0.6 is 11.6 Å². The zero-order valence-electron chi connectivity index (χ0n) is 13.2. The molecule has 0 atom stereocenters. The zero-order chi connectivity index (χ0) is 19.8. The fourth-order valence-corrected chi connectivity index (χ4v) is 2.58. The van der Waals surface area contributed by atoms with Gasteiger partial charge >= 0.3 is 6.18 Å². The van der Waals surface area contributed by atoms with Crippen molar-refractivity contribution in [3.63, 3.8) is 0 Å². The molecule has 0 radical (unpaired) electrons. The highest BCUT2D eigenvalue weighted by molar-refractivity contribution is 6.32. The number of halogens is 7. The summed E-state index contributed by atoms with van der Waals surface area (Å²) in [6.07, 6.45) is -1.64. The summed E-state index contributed by atoms with van der Waals surface area (Å²) in [4.78, 5) is 7.76. The smallest absolute Gasteiger partial charge is 0.360 e. The van der Waals surface area contributed by atoms with Crippen molar-refractivity contribution in [1.82, 2.24) is 14.5 Å². The number of alkyl halides is 3. The Morgan fingerprint density at radius 3 is 2.11 bits per heavy atom. The van der Waals surface area contributed by atoms with Crippen LogP contribution in [-0.4, -0.2) is 27.3 Å². The number of rotatable bonds is 4. The Labute approximate surface area is 153 Å². The number of anilines is 1. The maximum absolute atomic E-state index is 14.2. The van der Waals surface area contributed by atoms with Gasteiger partial charge in [0, 0.05) is 24.5 Å². The molecule has 1 aromatic carbocycles. The number of nitrogens with zero attached hydrogens (tertiary/aromatic N) is 3. The number of hydrogen-bond donors (Lipinski definition) is 1. The average molecular weight is 407 g/mol. The summed E-state index contributed by atoms with van der Waals surface area (Å²) >= 11 is 6.01. The van der Waals surface area contributed by atoms with Crippen LogP contribution in [0.2, 0.25) is 5.15 Å². The minimum atomic E-state index is -4.64. The molecule has 2 aromatic heterocycles. The summed E-state index contributed by atoms with van der Waals surface area (Å²) in [6.45, 7) is -1.54. The Morgan fingerprint density at radius 2 is 1.56 bits per heavy atom. The van der Waals surface area contributed by atoms with Crippen LogP contribution in [0.15, 0.2) is 36.7 Å². The summed E-state index contributed by atoms with van der Waals surface area (Å²) in [6, 6.07) is 3.96. The predicted molar refractivity (Wildman–Crippen MR) is 86.2 cm³/mol. The molecule has 11 heteroatoms. The summed E-state index contributed by atoms with van der Waals surface area (Å²) < 4.78 is 80.7. The second-order valence-corrected chi connectivity index (χ2v) is 5.70. The topological polar surface area (TPSA) is 42.7 Å². The molecule has 0 spiro atoms. The van der Waals surface area contributed by atoms with Gasteiger partial charge in [-0.25, -0.2) is 13.2 Å². The third-order valence-corrected chi connectivity index (χ3v) is 3.68. The number of nitrogens with one attached hydrogen (secondary N) is 1. The average Bonchev–Trinajstić information content (AvgIpc) is 3.07. The van der Waals surface area contributed by atoms with Gasteiger partial charge in [0.2, 0.25) is 5.95 Å². The van der Waals surface area contributed by atoms with Gasteiger partial charge in [-0.1, -0.05) is 11.6 Å². The lowest BCUT2D eigenvalue weighted by molar-refractivity contribution is -0.115. The van der Waals surface area contributed by atoms with Gasteiger partial charge in [0.15, 0.2) is 0 Å². The molecule has 0 unspecified atom stereocenters. The Kier molecular flexibility index (Phi) is 5.01. The first-order chi connectivity index (χ1) is 12.7. The molecular formula is C16H9ClF6N4. The standard InChI is InChI=1S/C16H9ClF6N4/c17-13-12(11-9(19)5-8(18)6-10(11)20)14(24-7-16(21,22)23)26-15(25-13)27-3-1-2-4-27/h1-6H,7H2,(H,24,25,26). The minimum Gasteiger partial charge on any atom is -0.360 e. The van der Waals surface area contributed by atoms with Crippen LogP contribution < -0.4 is 5.32 Å². The third-order valence-electron chi connectivity index (χ3n) is 3.40. The molecule has 0 saturated heterocycles. The highest BCUT2D eigenvalue weighted by Crippen LogP contribution is 2.37. The molecule has 0 saturated carbocycles. The van der Waals surface area contributed by atoms with E-state index in [4.69, 9.17) is 11.6 Å². The Hall–Kier alpha value is -2.75. The van der Waals surface area contributed by atoms with E-state index in [0.717, 1.165) is 0 Å². The molecule has 0 aliphatic carbocycles. The van der Waals surface area contributed by atoms with Crippen LogP contribution in [0.5, 0.6) is 0 Å². The summed E-state index contributed by atoms with van der Waals surface area (Å²) in [5.74, 6) is -4.59. The van der Waals surface area contributed by atoms with E-state index in [9.17, 15) is 26.3 Å². The molecule has 0 amide bonds. The van der Waals surface area contributed by atoms with Gasteiger partial charge in [0.25, 0.3) is 0 Å². The minimum absolute atomic E-state index is 0.124. The van der Waals surface area contributed by atoms with Gasteiger partial charge in [0.05, 0.1) is 11.1 Å². The first-order valence-corrected chi connectivity index (χ1v) is 7.70. The monoisotopic (exact) mass is 406 g/mol. The van der Waals surface area contributed by atoms with Crippen molar-refractivity contribution < 1.29 is 26.3 Å². The van der Waals surface area contributed by atoms with Gasteiger partial charge in [-0.05, 0) is 12.1 Å². The highest BCUT2D eigenvalue weighted by Gasteiger charge is 2.29. The van der Waals surface area contributed by atoms with Crippen molar-refractivity contribution in [1.29, 1.82) is 0 Å². The van der Waals surface area contributed by atoms with Crippen molar-refractivity contribution in [2.75, 3.05) is 11.9 Å². The molecule has 0 aliphatic rings. The lowest BCUT2D eigenvalue weighted by Gasteiger charge is -2.16. The lowest BCUT2D eigenvalue weighted by atomic mass is 10.1. The predicted octanol–water partition coefficient (Wildman–Crippen LogP) is 4.98. The molecule has 2 heterocycles. The van der Waals surface area contributed by atoms with E-state index in [0.29, 0.717) is 12.1 Å². The Balaban J connectivity index is 2.20. The maximum Gasteiger partial charge on any atom is 0.405 e. The van der Waals surface area contributed by atoms with Crippen LogP contribution in [0.3, 0.4) is 0 Å². The van der Waals surface area contributed by atoms with E-state index in [1.165, 1.54) is 17.0 Å². The van der Waals surface area contributed by atoms with Crippen LogP contribution in [0.25, 0.3) is 17.1 Å². The molecule has 3 rings (SSSR count). The van der Waals surface area contributed by atoms with E-state index >= 15 is 0 Å². The molecule has 0 aliphatic heterocycles. The molecule has 0 bridgehead atoms. The van der Waals surface area contributed by atoms with E-state index in [-0.39, 0.29) is 5.95 Å². The number of benzene rings is 1. The molecule has 0 fully saturated rings. The van der Waals surface area contributed by atoms with Gasteiger partial charge < -0.3 is 5.32 Å². The maximum atomic E-state index is 14.2. The SMILES string of the molecule is Fc1cc(F)c(-c2c(Cl)nc(-n3cccc3)nc2NCC(F)(F)F)c(F)c1. The van der Waals surface area contributed by atoms with Crippen LogP contribution in [0.1, 0.15) is 0 Å². The van der Waals surface area contributed by atoms with E-state index in [1.54, 1.807) is 12.1 Å². The number of aromatic nitrogens is 3. The van der Waals surface area contributed by atoms with Crippen LogP contribution in [0, 0.1) is 17.5 Å². The molecule has 142 valence electrons. The fraction of sp³-hybridized carbons (Fsp3) is 0.125. The van der Waals surface area contributed by atoms with Crippen molar-refractivity contribution in [2.24, 2.45) is 0 Å². The summed E-state index contributed by atoms with van der Waals surface area (Å²) in [7, 11) is 0. The van der Waals surface area contributed by atoms with E-state index in [1.807, 2.05) is 5.32 Å². The Morgan fingerprint density at radius 1 is 0.963 bits per heavy atom. The van der Waals surface area contributed by atoms with Gasteiger partial charge in [0.1, 0.15) is 35.0 Å². The first kappa shape index (κ1) is 19.0. The Bertz CT molecular complexity index is 949. The summed E-state index contributed by atoms with van der Waals surface area (Å²) in [5.41, 5.74) is -1.39. The number of hydrogen-bond acceptors (Lipinski definition) is 3. The van der Waals surface area contributed by atoms with E-state index in [2.05, 4.69) is 9.97 Å².